The molecular formula is C63H50N4O. The maximum absolute atomic E-state index is 6.52. The minimum absolute atomic E-state index is 0.0904. The highest BCUT2D eigenvalue weighted by Crippen LogP contribution is 2.49. The lowest BCUT2D eigenvalue weighted by Crippen LogP contribution is -2.24. The molecule has 4 atom stereocenters. The Morgan fingerprint density at radius 1 is 0.500 bits per heavy atom. The van der Waals surface area contributed by atoms with E-state index in [1.807, 2.05) is 0 Å². The molecule has 13 rings (SSSR count). The SMILES string of the molecule is C1=CCC(C2CC(c3nc(C4=C[C@@H](C5C=CC=CC5)CC(c5ccccc5)=C4)nc(-c4ccccc4)n3)=CC(C3=CCCC=C3)=C2n2c3ccccc3c3cc4oc5ccccc5c4cc32)C=C1. The van der Waals surface area contributed by atoms with Crippen molar-refractivity contribution in [3.63, 3.8) is 0 Å². The molecule has 0 radical (unpaired) electrons. The lowest BCUT2D eigenvalue weighted by molar-refractivity contribution is 0.482. The highest BCUT2D eigenvalue weighted by Gasteiger charge is 2.35. The molecule has 0 fully saturated rings. The van der Waals surface area contributed by atoms with E-state index in [0.29, 0.717) is 23.5 Å². The van der Waals surface area contributed by atoms with Crippen LogP contribution in [0.25, 0.3) is 77.5 Å². The average molecular weight is 879 g/mol. The van der Waals surface area contributed by atoms with E-state index in [4.69, 9.17) is 19.4 Å². The number of furan rings is 1. The molecule has 68 heavy (non-hydrogen) atoms. The summed E-state index contributed by atoms with van der Waals surface area (Å²) in [5, 5.41) is 4.67. The predicted octanol–water partition coefficient (Wildman–Crippen LogP) is 15.9. The Bertz CT molecular complexity index is 3640. The third-order valence-electron chi connectivity index (χ3n) is 14.7. The van der Waals surface area contributed by atoms with E-state index in [2.05, 4.69) is 211 Å². The second-order valence-electron chi connectivity index (χ2n) is 18.9. The predicted molar refractivity (Wildman–Crippen MR) is 281 cm³/mol. The molecule has 3 heterocycles. The molecule has 3 aromatic heterocycles. The van der Waals surface area contributed by atoms with Crippen LogP contribution in [-0.4, -0.2) is 19.5 Å². The van der Waals surface area contributed by atoms with E-state index < -0.39 is 0 Å². The van der Waals surface area contributed by atoms with Crippen molar-refractivity contribution in [1.82, 2.24) is 19.5 Å². The van der Waals surface area contributed by atoms with E-state index >= 15 is 0 Å². The summed E-state index contributed by atoms with van der Waals surface area (Å²) in [6.45, 7) is 0. The van der Waals surface area contributed by atoms with Crippen molar-refractivity contribution in [2.45, 2.75) is 38.5 Å². The first-order valence-electron chi connectivity index (χ1n) is 24.3. The number of allylic oxidation sites excluding steroid dienone is 20. The standard InChI is InChI=1S/C63H50N4O/c1-6-20-41(21-7-1)46-34-47(42-22-8-2-9-23-42)36-48(35-46)62-64-61(45-28-14-5-15-29-45)65-63(66-62)49-37-52(43-24-10-3-11-25-43)60(53(38-49)44-26-12-4-13-27-44)67-56-32-18-16-30-50(56)54-40-59-55(39-57(54)67)51-31-17-19-33-58(51)68-59/h1-3,5-12,14-22,24,26-33,35-36,38-40,42-43,47,52H,4,13,23,25,34,37H2/t42?,43?,47-,52?/m0/s1. The number of hydrogen-bond donors (Lipinski definition) is 0. The first-order chi connectivity index (χ1) is 33.7. The van der Waals surface area contributed by atoms with Gasteiger partial charge in [0.25, 0.3) is 0 Å². The van der Waals surface area contributed by atoms with Crippen molar-refractivity contribution in [3.05, 3.63) is 235 Å². The van der Waals surface area contributed by atoms with Gasteiger partial charge in [0.1, 0.15) is 11.2 Å². The molecule has 5 heteroatoms. The van der Waals surface area contributed by atoms with Crippen LogP contribution in [-0.2, 0) is 0 Å². The smallest absolute Gasteiger partial charge is 0.164 e. The van der Waals surface area contributed by atoms with Crippen molar-refractivity contribution in [2.75, 3.05) is 0 Å². The zero-order chi connectivity index (χ0) is 45.0. The maximum Gasteiger partial charge on any atom is 0.164 e. The third kappa shape index (κ3) is 7.21. The average Bonchev–Trinajstić information content (AvgIpc) is 3.95. The van der Waals surface area contributed by atoms with Crippen LogP contribution in [0.5, 0.6) is 0 Å². The molecule has 0 saturated carbocycles. The second kappa shape index (κ2) is 17.1. The molecule has 5 aliphatic carbocycles. The van der Waals surface area contributed by atoms with Crippen LogP contribution < -0.4 is 0 Å². The summed E-state index contributed by atoms with van der Waals surface area (Å²) in [4.78, 5) is 16.4. The Hall–Kier alpha value is -7.89. The van der Waals surface area contributed by atoms with Crippen molar-refractivity contribution < 1.29 is 4.42 Å². The van der Waals surface area contributed by atoms with E-state index in [1.54, 1.807) is 0 Å². The Labute approximate surface area is 396 Å². The van der Waals surface area contributed by atoms with Gasteiger partial charge in [-0.25, -0.2) is 15.0 Å². The van der Waals surface area contributed by atoms with Gasteiger partial charge in [-0.05, 0) is 115 Å². The van der Waals surface area contributed by atoms with Crippen molar-refractivity contribution in [1.29, 1.82) is 0 Å². The van der Waals surface area contributed by atoms with Crippen molar-refractivity contribution in [3.8, 4) is 11.4 Å². The van der Waals surface area contributed by atoms with Crippen LogP contribution in [0.1, 0.15) is 55.7 Å². The minimum atomic E-state index is 0.0904. The summed E-state index contributed by atoms with van der Waals surface area (Å²) in [7, 11) is 0. The molecule has 0 aliphatic heterocycles. The molecule has 0 saturated heterocycles. The lowest BCUT2D eigenvalue weighted by Gasteiger charge is -2.35. The van der Waals surface area contributed by atoms with Crippen molar-refractivity contribution >= 4 is 66.2 Å². The molecular weight excluding hydrogens is 829 g/mol. The highest BCUT2D eigenvalue weighted by molar-refractivity contribution is 6.17. The van der Waals surface area contributed by atoms with Crippen LogP contribution in [0, 0.1) is 23.7 Å². The van der Waals surface area contributed by atoms with Gasteiger partial charge in [-0.1, -0.05) is 170 Å². The first kappa shape index (κ1) is 40.4. The second-order valence-corrected chi connectivity index (χ2v) is 18.9. The number of fused-ring (bicyclic) bond motifs is 6. The summed E-state index contributed by atoms with van der Waals surface area (Å²) < 4.78 is 9.12. The molecule has 5 aliphatic rings. The van der Waals surface area contributed by atoms with Crippen LogP contribution in [0.3, 0.4) is 0 Å². The largest absolute Gasteiger partial charge is 0.456 e. The molecule has 0 spiro atoms. The molecule has 5 nitrogen and oxygen atoms in total. The van der Waals surface area contributed by atoms with E-state index in [0.717, 1.165) is 83.0 Å². The summed E-state index contributed by atoms with van der Waals surface area (Å²) >= 11 is 0. The Kier molecular flexibility index (Phi) is 10.1. The van der Waals surface area contributed by atoms with Crippen LogP contribution in [0.2, 0.25) is 0 Å². The quantitative estimate of drug-likeness (QED) is 0.153. The van der Waals surface area contributed by atoms with E-state index in [-0.39, 0.29) is 11.8 Å². The zero-order valence-corrected chi connectivity index (χ0v) is 37.9. The number of rotatable bonds is 8. The number of benzene rings is 5. The van der Waals surface area contributed by atoms with E-state index in [9.17, 15) is 0 Å². The number of nitrogens with zero attached hydrogens (tertiary/aromatic N) is 4. The van der Waals surface area contributed by atoms with E-state index in [1.165, 1.54) is 49.8 Å². The zero-order valence-electron chi connectivity index (χ0n) is 37.9. The molecule has 3 unspecified atom stereocenters. The lowest BCUT2D eigenvalue weighted by atomic mass is 9.74. The van der Waals surface area contributed by atoms with Gasteiger partial charge in [-0.15, -0.1) is 0 Å². The van der Waals surface area contributed by atoms with Gasteiger partial charge in [0.05, 0.1) is 11.0 Å². The van der Waals surface area contributed by atoms with Crippen molar-refractivity contribution in [2.24, 2.45) is 23.7 Å². The Morgan fingerprint density at radius 3 is 2.00 bits per heavy atom. The fourth-order valence-corrected chi connectivity index (χ4v) is 11.4. The highest BCUT2D eigenvalue weighted by atomic mass is 16.3. The van der Waals surface area contributed by atoms with Gasteiger partial charge in [-0.3, -0.25) is 0 Å². The van der Waals surface area contributed by atoms with Crippen LogP contribution in [0.15, 0.2) is 222 Å². The molecule has 8 aromatic rings. The van der Waals surface area contributed by atoms with Crippen LogP contribution >= 0.6 is 0 Å². The minimum Gasteiger partial charge on any atom is -0.456 e. The number of hydrogen-bond acceptors (Lipinski definition) is 4. The van der Waals surface area contributed by atoms with Crippen LogP contribution in [0.4, 0.5) is 0 Å². The maximum atomic E-state index is 6.52. The van der Waals surface area contributed by atoms with Gasteiger partial charge in [0, 0.05) is 49.9 Å². The van der Waals surface area contributed by atoms with Gasteiger partial charge in [0.15, 0.2) is 17.5 Å². The monoisotopic (exact) mass is 878 g/mol. The third-order valence-corrected chi connectivity index (χ3v) is 14.7. The molecule has 5 aromatic carbocycles. The van der Waals surface area contributed by atoms with Gasteiger partial charge < -0.3 is 8.98 Å². The molecule has 0 amide bonds. The summed E-state index contributed by atoms with van der Waals surface area (Å²) in [6.07, 6.45) is 38.3. The first-order valence-corrected chi connectivity index (χ1v) is 24.3. The fourth-order valence-electron chi connectivity index (χ4n) is 11.4. The Balaban J connectivity index is 1.06. The summed E-state index contributed by atoms with van der Waals surface area (Å²) in [5.74, 6) is 3.16. The molecule has 0 bridgehead atoms. The number of aromatic nitrogens is 4. The summed E-state index contributed by atoms with van der Waals surface area (Å²) in [5.41, 5.74) is 13.7. The normalized spacial score (nSPS) is 21.5. The molecule has 328 valence electrons. The number of para-hydroxylation sites is 2. The van der Waals surface area contributed by atoms with Gasteiger partial charge in [0.2, 0.25) is 0 Å². The Morgan fingerprint density at radius 2 is 1.22 bits per heavy atom. The summed E-state index contributed by atoms with van der Waals surface area (Å²) in [6, 6.07) is 43.2. The molecule has 0 N–H and O–H groups in total. The topological polar surface area (TPSA) is 56.7 Å². The van der Waals surface area contributed by atoms with Gasteiger partial charge >= 0.3 is 0 Å². The fraction of sp³-hybridized carbons (Fsp3) is 0.159. The van der Waals surface area contributed by atoms with Gasteiger partial charge in [-0.2, -0.15) is 0 Å².